The zero-order chi connectivity index (χ0) is 18.5. The number of aromatic nitrogens is 2. The molecule has 0 bridgehead atoms. The molecule has 0 aliphatic rings. The summed E-state index contributed by atoms with van der Waals surface area (Å²) in [5, 5.41) is 3.46. The Hall–Kier alpha value is -2.79. The molecule has 1 aromatic heterocycles. The topological polar surface area (TPSA) is 56.2 Å². The molecule has 0 spiro atoms. The summed E-state index contributed by atoms with van der Waals surface area (Å²) in [6.45, 7) is 4.10. The fourth-order valence-corrected chi connectivity index (χ4v) is 2.74. The summed E-state index contributed by atoms with van der Waals surface area (Å²) in [5.74, 6) is 1.32. The normalized spacial score (nSPS) is 11.8. The number of rotatable bonds is 6. The highest BCUT2D eigenvalue weighted by Crippen LogP contribution is 2.18. The molecule has 0 saturated carbocycles. The van der Waals surface area contributed by atoms with Crippen LogP contribution in [0.2, 0.25) is 5.02 Å². The van der Waals surface area contributed by atoms with Crippen molar-refractivity contribution < 1.29 is 9.53 Å². The van der Waals surface area contributed by atoms with Crippen LogP contribution in [0.1, 0.15) is 18.3 Å². The molecule has 26 heavy (non-hydrogen) atoms. The molecule has 1 atom stereocenters. The monoisotopic (exact) mass is 369 g/mol. The Bertz CT molecular complexity index is 890. The molecule has 0 radical (unpaired) electrons. The van der Waals surface area contributed by atoms with Gasteiger partial charge in [-0.2, -0.15) is 0 Å². The molecule has 0 fully saturated rings. The molecule has 1 heterocycles. The zero-order valence-corrected chi connectivity index (χ0v) is 15.4. The number of hydrogen-bond donors (Lipinski definition) is 1. The zero-order valence-electron chi connectivity index (χ0n) is 14.6. The van der Waals surface area contributed by atoms with E-state index in [1.165, 1.54) is 0 Å². The third kappa shape index (κ3) is 4.43. The molecular formula is C20H20ClN3O2. The van der Waals surface area contributed by atoms with Crippen molar-refractivity contribution in [1.82, 2.24) is 14.9 Å². The van der Waals surface area contributed by atoms with E-state index in [9.17, 15) is 4.79 Å². The molecule has 6 heteroatoms. The molecule has 3 aromatic rings. The van der Waals surface area contributed by atoms with E-state index >= 15 is 0 Å². The van der Waals surface area contributed by atoms with Crippen LogP contribution in [0.3, 0.4) is 0 Å². The van der Waals surface area contributed by atoms with Gasteiger partial charge in [0, 0.05) is 29.6 Å². The summed E-state index contributed by atoms with van der Waals surface area (Å²) >= 11 is 5.92. The van der Waals surface area contributed by atoms with Gasteiger partial charge in [0.2, 0.25) is 0 Å². The Balaban J connectivity index is 1.55. The lowest BCUT2D eigenvalue weighted by Crippen LogP contribution is -2.35. The van der Waals surface area contributed by atoms with Gasteiger partial charge in [0.05, 0.1) is 0 Å². The first-order valence-corrected chi connectivity index (χ1v) is 8.70. The van der Waals surface area contributed by atoms with Crippen LogP contribution in [0.5, 0.6) is 5.75 Å². The van der Waals surface area contributed by atoms with Gasteiger partial charge in [-0.1, -0.05) is 29.8 Å². The van der Waals surface area contributed by atoms with Crippen molar-refractivity contribution in [2.75, 3.05) is 0 Å². The van der Waals surface area contributed by atoms with Crippen molar-refractivity contribution in [1.29, 1.82) is 0 Å². The lowest BCUT2D eigenvalue weighted by Gasteiger charge is -2.15. The predicted octanol–water partition coefficient (Wildman–Crippen LogP) is 3.92. The van der Waals surface area contributed by atoms with E-state index in [0.717, 1.165) is 17.1 Å². The Morgan fingerprint density at radius 3 is 2.69 bits per heavy atom. The summed E-state index contributed by atoms with van der Waals surface area (Å²) in [4.78, 5) is 16.4. The SMILES string of the molecule is Cc1nccn1-c1ccc(CNC(=O)C(C)Oc2cccc(Cl)c2)cc1. The summed E-state index contributed by atoms with van der Waals surface area (Å²) in [6.07, 6.45) is 3.08. The first-order valence-electron chi connectivity index (χ1n) is 8.32. The van der Waals surface area contributed by atoms with Crippen molar-refractivity contribution in [3.05, 3.63) is 77.3 Å². The van der Waals surface area contributed by atoms with Gasteiger partial charge in [-0.25, -0.2) is 4.98 Å². The molecule has 0 aliphatic carbocycles. The van der Waals surface area contributed by atoms with Crippen molar-refractivity contribution in [3.63, 3.8) is 0 Å². The minimum Gasteiger partial charge on any atom is -0.481 e. The van der Waals surface area contributed by atoms with Gasteiger partial charge in [-0.3, -0.25) is 4.79 Å². The van der Waals surface area contributed by atoms with E-state index in [1.807, 2.05) is 42.0 Å². The summed E-state index contributed by atoms with van der Waals surface area (Å²) in [5.41, 5.74) is 2.04. The number of aryl methyl sites for hydroxylation is 1. The number of imidazole rings is 1. The van der Waals surface area contributed by atoms with Crippen LogP contribution < -0.4 is 10.1 Å². The lowest BCUT2D eigenvalue weighted by atomic mass is 10.2. The van der Waals surface area contributed by atoms with E-state index in [-0.39, 0.29) is 5.91 Å². The molecule has 0 saturated heterocycles. The van der Waals surface area contributed by atoms with Crippen LogP contribution in [0.25, 0.3) is 5.69 Å². The Morgan fingerprint density at radius 1 is 1.27 bits per heavy atom. The molecule has 1 unspecified atom stereocenters. The van der Waals surface area contributed by atoms with Crippen molar-refractivity contribution in [3.8, 4) is 11.4 Å². The number of carbonyl (C=O) groups is 1. The highest BCUT2D eigenvalue weighted by atomic mass is 35.5. The first kappa shape index (κ1) is 18.0. The second kappa shape index (κ2) is 8.06. The van der Waals surface area contributed by atoms with E-state index < -0.39 is 6.10 Å². The number of nitrogens with one attached hydrogen (secondary N) is 1. The minimum absolute atomic E-state index is 0.181. The van der Waals surface area contributed by atoms with Crippen LogP contribution in [0, 0.1) is 6.92 Å². The quantitative estimate of drug-likeness (QED) is 0.716. The fourth-order valence-electron chi connectivity index (χ4n) is 2.56. The number of carbonyl (C=O) groups excluding carboxylic acids is 1. The second-order valence-corrected chi connectivity index (χ2v) is 6.38. The van der Waals surface area contributed by atoms with Gasteiger partial charge in [-0.05, 0) is 49.7 Å². The van der Waals surface area contributed by atoms with E-state index in [2.05, 4.69) is 10.3 Å². The number of amides is 1. The maximum absolute atomic E-state index is 12.2. The minimum atomic E-state index is -0.610. The Labute approximate surface area is 157 Å². The number of hydrogen-bond acceptors (Lipinski definition) is 3. The lowest BCUT2D eigenvalue weighted by molar-refractivity contribution is -0.127. The van der Waals surface area contributed by atoms with E-state index in [4.69, 9.17) is 16.3 Å². The largest absolute Gasteiger partial charge is 0.481 e. The molecule has 1 N–H and O–H groups in total. The van der Waals surface area contributed by atoms with Gasteiger partial charge >= 0.3 is 0 Å². The molecule has 2 aromatic carbocycles. The third-order valence-corrected chi connectivity index (χ3v) is 4.22. The standard InChI is InChI=1S/C20H20ClN3O2/c1-14(26-19-5-3-4-17(21)12-19)20(25)23-13-16-6-8-18(9-7-16)24-11-10-22-15(24)2/h3-12,14H,13H2,1-2H3,(H,23,25). The van der Waals surface area contributed by atoms with Gasteiger partial charge in [-0.15, -0.1) is 0 Å². The smallest absolute Gasteiger partial charge is 0.261 e. The van der Waals surface area contributed by atoms with E-state index in [1.54, 1.807) is 37.4 Å². The first-order chi connectivity index (χ1) is 12.5. The highest BCUT2D eigenvalue weighted by Gasteiger charge is 2.14. The predicted molar refractivity (Wildman–Crippen MR) is 102 cm³/mol. The number of nitrogens with zero attached hydrogens (tertiary/aromatic N) is 2. The van der Waals surface area contributed by atoms with Crippen molar-refractivity contribution >= 4 is 17.5 Å². The number of ether oxygens (including phenoxy) is 1. The van der Waals surface area contributed by atoms with Gasteiger partial charge in [0.1, 0.15) is 11.6 Å². The van der Waals surface area contributed by atoms with Crippen molar-refractivity contribution in [2.45, 2.75) is 26.5 Å². The van der Waals surface area contributed by atoms with Gasteiger partial charge in [0.25, 0.3) is 5.91 Å². The molecule has 0 aliphatic heterocycles. The highest BCUT2D eigenvalue weighted by molar-refractivity contribution is 6.30. The van der Waals surface area contributed by atoms with Crippen LogP contribution in [-0.4, -0.2) is 21.6 Å². The Kier molecular flexibility index (Phi) is 5.58. The second-order valence-electron chi connectivity index (χ2n) is 5.95. The number of benzene rings is 2. The van der Waals surface area contributed by atoms with Crippen LogP contribution >= 0.6 is 11.6 Å². The molecular weight excluding hydrogens is 350 g/mol. The summed E-state index contributed by atoms with van der Waals surface area (Å²) in [6, 6.07) is 15.0. The van der Waals surface area contributed by atoms with Crippen LogP contribution in [0.15, 0.2) is 60.9 Å². The maximum Gasteiger partial charge on any atom is 0.261 e. The molecule has 134 valence electrons. The maximum atomic E-state index is 12.2. The van der Waals surface area contributed by atoms with Crippen LogP contribution in [-0.2, 0) is 11.3 Å². The van der Waals surface area contributed by atoms with Crippen molar-refractivity contribution in [2.24, 2.45) is 0 Å². The number of halogens is 1. The van der Waals surface area contributed by atoms with Crippen LogP contribution in [0.4, 0.5) is 0 Å². The Morgan fingerprint density at radius 2 is 2.04 bits per heavy atom. The third-order valence-electron chi connectivity index (χ3n) is 3.99. The summed E-state index contributed by atoms with van der Waals surface area (Å²) in [7, 11) is 0. The average molecular weight is 370 g/mol. The molecule has 1 amide bonds. The van der Waals surface area contributed by atoms with E-state index in [0.29, 0.717) is 17.3 Å². The fraction of sp³-hybridized carbons (Fsp3) is 0.200. The van der Waals surface area contributed by atoms with Gasteiger partial charge < -0.3 is 14.6 Å². The average Bonchev–Trinajstić information content (AvgIpc) is 3.06. The molecule has 3 rings (SSSR count). The molecule has 5 nitrogen and oxygen atoms in total. The van der Waals surface area contributed by atoms with Gasteiger partial charge in [0.15, 0.2) is 6.10 Å². The summed E-state index contributed by atoms with van der Waals surface area (Å²) < 4.78 is 7.62.